The van der Waals surface area contributed by atoms with Crippen molar-refractivity contribution in [2.45, 2.75) is 98.7 Å². The fraction of sp³-hybridized carbons (Fsp3) is 0.720. The molecule has 0 bridgehead atoms. The standard InChI is InChI=1S/C25H42O2Si/c1-20-11-10-12-21(2)19-23(26)14-17-25(7,16-13-20)22(3)15-18-27-28(8,9)24(4,5)6/h11,19,22H,10,12-13,15-16,18H2,1-9H3/b20-11+,21-19+/t22-,25-/m1/s1. The van der Waals surface area contributed by atoms with E-state index in [1.807, 2.05) is 6.92 Å². The van der Waals surface area contributed by atoms with Crippen molar-refractivity contribution in [1.82, 2.24) is 0 Å². The Labute approximate surface area is 175 Å². The number of carbonyl (C=O) groups excluding carboxylic acids is 1. The van der Waals surface area contributed by atoms with Crippen LogP contribution in [0.15, 0.2) is 23.3 Å². The SMILES string of the molecule is C/C1=C\C(=O)C#C[C@](C)([C@H](C)CCO[Si](C)(C)C(C)(C)C)CC/C(C)=C/CC1. The molecule has 0 radical (unpaired) electrons. The second-order valence-corrected chi connectivity index (χ2v) is 15.2. The van der Waals surface area contributed by atoms with Gasteiger partial charge in [0.1, 0.15) is 0 Å². The lowest BCUT2D eigenvalue weighted by Gasteiger charge is -2.37. The molecular formula is C25H42O2Si. The summed E-state index contributed by atoms with van der Waals surface area (Å²) < 4.78 is 6.40. The lowest BCUT2D eigenvalue weighted by atomic mass is 9.73. The number of rotatable bonds is 5. The van der Waals surface area contributed by atoms with Crippen molar-refractivity contribution in [3.8, 4) is 11.8 Å². The van der Waals surface area contributed by atoms with Crippen LogP contribution in [-0.4, -0.2) is 20.7 Å². The Morgan fingerprint density at radius 3 is 2.46 bits per heavy atom. The highest BCUT2D eigenvalue weighted by Crippen LogP contribution is 2.39. The molecule has 1 rings (SSSR count). The Hall–Kier alpha value is -1.11. The second kappa shape index (κ2) is 10.1. The van der Waals surface area contributed by atoms with Gasteiger partial charge in [-0.15, -0.1) is 0 Å². The van der Waals surface area contributed by atoms with E-state index in [1.54, 1.807) is 6.08 Å². The molecule has 0 amide bonds. The molecule has 3 heteroatoms. The molecule has 158 valence electrons. The van der Waals surface area contributed by atoms with Gasteiger partial charge in [-0.3, -0.25) is 4.79 Å². The first kappa shape index (κ1) is 24.9. The fourth-order valence-electron chi connectivity index (χ4n) is 3.10. The lowest BCUT2D eigenvalue weighted by molar-refractivity contribution is -0.109. The maximum atomic E-state index is 12.3. The Kier molecular flexibility index (Phi) is 8.97. The van der Waals surface area contributed by atoms with Crippen LogP contribution in [0.5, 0.6) is 0 Å². The largest absolute Gasteiger partial charge is 0.417 e. The first-order valence-electron chi connectivity index (χ1n) is 10.8. The predicted octanol–water partition coefficient (Wildman–Crippen LogP) is 7.08. The smallest absolute Gasteiger partial charge is 0.228 e. The van der Waals surface area contributed by atoms with Crippen molar-refractivity contribution >= 4 is 14.1 Å². The van der Waals surface area contributed by atoms with E-state index in [9.17, 15) is 4.79 Å². The maximum Gasteiger partial charge on any atom is 0.228 e. The van der Waals surface area contributed by atoms with Gasteiger partial charge in [0.05, 0.1) is 0 Å². The quantitative estimate of drug-likeness (QED) is 0.212. The minimum absolute atomic E-state index is 0.0604. The topological polar surface area (TPSA) is 26.3 Å². The number of hydrogen-bond acceptors (Lipinski definition) is 2. The normalized spacial score (nSPS) is 27.2. The van der Waals surface area contributed by atoms with Crippen molar-refractivity contribution in [3.05, 3.63) is 23.3 Å². The molecule has 0 saturated carbocycles. The van der Waals surface area contributed by atoms with Gasteiger partial charge in [0.2, 0.25) is 5.78 Å². The molecule has 1 aliphatic rings. The first-order chi connectivity index (χ1) is 12.8. The predicted molar refractivity (Wildman–Crippen MR) is 124 cm³/mol. The van der Waals surface area contributed by atoms with E-state index in [1.165, 1.54) is 5.57 Å². The zero-order valence-corrected chi connectivity index (χ0v) is 20.8. The van der Waals surface area contributed by atoms with Gasteiger partial charge in [-0.1, -0.05) is 50.8 Å². The van der Waals surface area contributed by atoms with Crippen molar-refractivity contribution in [2.24, 2.45) is 11.3 Å². The monoisotopic (exact) mass is 402 g/mol. The molecule has 0 saturated heterocycles. The molecule has 1 aliphatic carbocycles. The molecule has 0 unspecified atom stereocenters. The second-order valence-electron chi connectivity index (χ2n) is 10.4. The van der Waals surface area contributed by atoms with Crippen LogP contribution in [-0.2, 0) is 9.22 Å². The first-order valence-corrected chi connectivity index (χ1v) is 13.7. The van der Waals surface area contributed by atoms with E-state index >= 15 is 0 Å². The molecule has 28 heavy (non-hydrogen) atoms. The minimum atomic E-state index is -1.73. The summed E-state index contributed by atoms with van der Waals surface area (Å²) in [5.41, 5.74) is 2.36. The third-order valence-corrected chi connectivity index (χ3v) is 11.4. The Morgan fingerprint density at radius 1 is 1.21 bits per heavy atom. The van der Waals surface area contributed by atoms with Gasteiger partial charge in [-0.2, -0.15) is 0 Å². The molecule has 0 aromatic heterocycles. The molecule has 0 N–H and O–H groups in total. The molecular weight excluding hydrogens is 360 g/mol. The molecule has 0 fully saturated rings. The van der Waals surface area contributed by atoms with Gasteiger partial charge >= 0.3 is 0 Å². The maximum absolute atomic E-state index is 12.3. The van der Waals surface area contributed by atoms with E-state index in [0.29, 0.717) is 5.92 Å². The highest BCUT2D eigenvalue weighted by molar-refractivity contribution is 6.74. The molecule has 0 heterocycles. The van der Waals surface area contributed by atoms with Crippen LogP contribution < -0.4 is 0 Å². The molecule has 0 spiro atoms. The highest BCUT2D eigenvalue weighted by atomic mass is 28.4. The Bertz CT molecular complexity index is 667. The average Bonchev–Trinajstić information content (AvgIpc) is 2.56. The van der Waals surface area contributed by atoms with E-state index in [0.717, 1.165) is 44.3 Å². The van der Waals surface area contributed by atoms with Gasteiger partial charge in [0.15, 0.2) is 8.32 Å². The molecule has 0 aliphatic heterocycles. The minimum Gasteiger partial charge on any atom is -0.417 e. The molecule has 0 aromatic rings. The van der Waals surface area contributed by atoms with E-state index in [4.69, 9.17) is 4.43 Å². The molecule has 2 atom stereocenters. The average molecular weight is 403 g/mol. The molecule has 2 nitrogen and oxygen atoms in total. The van der Waals surface area contributed by atoms with Crippen LogP contribution in [0.1, 0.15) is 80.6 Å². The highest BCUT2D eigenvalue weighted by Gasteiger charge is 2.37. The number of carbonyl (C=O) groups is 1. The summed E-state index contributed by atoms with van der Waals surface area (Å²) in [6, 6.07) is 0. The Morgan fingerprint density at radius 2 is 1.86 bits per heavy atom. The third kappa shape index (κ3) is 7.72. The van der Waals surface area contributed by atoms with Crippen molar-refractivity contribution in [1.29, 1.82) is 0 Å². The van der Waals surface area contributed by atoms with Gasteiger partial charge in [-0.05, 0) is 88.9 Å². The van der Waals surface area contributed by atoms with Crippen LogP contribution in [0.25, 0.3) is 0 Å². The van der Waals surface area contributed by atoms with Crippen LogP contribution in [0.4, 0.5) is 0 Å². The summed E-state index contributed by atoms with van der Waals surface area (Å²) in [5, 5.41) is 0.228. The van der Waals surface area contributed by atoms with Gasteiger partial charge in [-0.25, -0.2) is 0 Å². The van der Waals surface area contributed by atoms with Gasteiger partial charge in [0.25, 0.3) is 0 Å². The van der Waals surface area contributed by atoms with E-state index < -0.39 is 8.32 Å². The van der Waals surface area contributed by atoms with E-state index in [2.05, 4.69) is 72.6 Å². The number of allylic oxidation sites excluding steroid dienone is 4. The van der Waals surface area contributed by atoms with Gasteiger partial charge < -0.3 is 4.43 Å². The van der Waals surface area contributed by atoms with E-state index in [-0.39, 0.29) is 16.2 Å². The number of hydrogen-bond donors (Lipinski definition) is 0. The summed E-state index contributed by atoms with van der Waals surface area (Å²) in [5.74, 6) is 6.61. The zero-order chi connectivity index (χ0) is 21.6. The van der Waals surface area contributed by atoms with Gasteiger partial charge in [0, 0.05) is 12.0 Å². The third-order valence-electron chi connectivity index (χ3n) is 6.83. The number of ketones is 1. The van der Waals surface area contributed by atoms with Crippen LogP contribution >= 0.6 is 0 Å². The molecule has 0 aromatic carbocycles. The van der Waals surface area contributed by atoms with Crippen molar-refractivity contribution in [3.63, 3.8) is 0 Å². The lowest BCUT2D eigenvalue weighted by Crippen LogP contribution is -2.41. The summed E-state index contributed by atoms with van der Waals surface area (Å²) >= 11 is 0. The van der Waals surface area contributed by atoms with Crippen LogP contribution in [0, 0.1) is 23.2 Å². The summed E-state index contributed by atoms with van der Waals surface area (Å²) in [7, 11) is -1.73. The van der Waals surface area contributed by atoms with Crippen molar-refractivity contribution in [2.75, 3.05) is 6.61 Å². The van der Waals surface area contributed by atoms with Crippen molar-refractivity contribution < 1.29 is 9.22 Å². The Balaban J connectivity index is 2.94. The summed E-state index contributed by atoms with van der Waals surface area (Å²) in [6.45, 7) is 20.9. The zero-order valence-electron chi connectivity index (χ0n) is 19.8. The van der Waals surface area contributed by atoms with Crippen LogP contribution in [0.2, 0.25) is 18.1 Å². The van der Waals surface area contributed by atoms with Crippen LogP contribution in [0.3, 0.4) is 0 Å². The fourth-order valence-corrected chi connectivity index (χ4v) is 4.16. The summed E-state index contributed by atoms with van der Waals surface area (Å²) in [4.78, 5) is 12.3. The summed E-state index contributed by atoms with van der Waals surface area (Å²) in [6.07, 6.45) is 8.97.